The summed E-state index contributed by atoms with van der Waals surface area (Å²) in [5, 5.41) is 0. The van der Waals surface area contributed by atoms with Crippen LogP contribution in [0.3, 0.4) is 0 Å². The van der Waals surface area contributed by atoms with E-state index in [0.717, 1.165) is 17.2 Å². The predicted molar refractivity (Wildman–Crippen MR) is 86.2 cm³/mol. The van der Waals surface area contributed by atoms with Crippen LogP contribution in [0.4, 0.5) is 17.1 Å². The summed E-state index contributed by atoms with van der Waals surface area (Å²) in [4.78, 5) is 2.35. The van der Waals surface area contributed by atoms with Crippen molar-refractivity contribution in [1.29, 1.82) is 0 Å². The zero-order valence-electron chi connectivity index (χ0n) is 11.1. The molecule has 2 aliphatic rings. The van der Waals surface area contributed by atoms with Crippen molar-refractivity contribution < 1.29 is 4.74 Å². The van der Waals surface area contributed by atoms with Gasteiger partial charge in [-0.25, -0.2) is 0 Å². The standard InChI is InChI=1S/C18H11NOSe/c1-3-8-14-12(6-1)19-13-7-2-4-10-16(13)21-17-11-5-9-15(20-14)18(17)19/h1-11H. The molecule has 0 unspecified atom stereocenters. The first-order chi connectivity index (χ1) is 10.4. The zero-order chi connectivity index (χ0) is 13.8. The average Bonchev–Trinajstić information content (AvgIpc) is 2.54. The second-order valence-corrected chi connectivity index (χ2v) is 7.35. The first-order valence-electron chi connectivity index (χ1n) is 6.89. The van der Waals surface area contributed by atoms with Crippen LogP contribution in [0.25, 0.3) is 0 Å². The third-order valence-corrected chi connectivity index (χ3v) is 6.18. The molecule has 0 aromatic heterocycles. The second kappa shape index (κ2) is 4.14. The van der Waals surface area contributed by atoms with Crippen molar-refractivity contribution in [2.45, 2.75) is 0 Å². The Morgan fingerprint density at radius 2 is 1.38 bits per heavy atom. The number of benzene rings is 3. The van der Waals surface area contributed by atoms with Crippen molar-refractivity contribution in [1.82, 2.24) is 0 Å². The van der Waals surface area contributed by atoms with E-state index in [1.165, 1.54) is 20.3 Å². The predicted octanol–water partition coefficient (Wildman–Crippen LogP) is 3.23. The van der Waals surface area contributed by atoms with Crippen molar-refractivity contribution >= 4 is 40.9 Å². The van der Waals surface area contributed by atoms with Crippen LogP contribution in [-0.2, 0) is 0 Å². The van der Waals surface area contributed by atoms with E-state index in [9.17, 15) is 0 Å². The molecule has 0 saturated heterocycles. The molecule has 0 spiro atoms. The van der Waals surface area contributed by atoms with Gasteiger partial charge in [-0.2, -0.15) is 0 Å². The first kappa shape index (κ1) is 11.4. The van der Waals surface area contributed by atoms with E-state index in [1.807, 2.05) is 12.1 Å². The van der Waals surface area contributed by atoms with Gasteiger partial charge >= 0.3 is 129 Å². The Kier molecular flexibility index (Phi) is 2.25. The molecule has 0 atom stereocenters. The monoisotopic (exact) mass is 337 g/mol. The normalized spacial score (nSPS) is 13.8. The summed E-state index contributed by atoms with van der Waals surface area (Å²) < 4.78 is 8.91. The van der Waals surface area contributed by atoms with Crippen molar-refractivity contribution in [3.8, 4) is 11.5 Å². The Hall–Kier alpha value is -2.22. The van der Waals surface area contributed by atoms with E-state index in [1.54, 1.807) is 0 Å². The van der Waals surface area contributed by atoms with Crippen LogP contribution < -0.4 is 18.6 Å². The summed E-state index contributed by atoms with van der Waals surface area (Å²) in [7, 11) is 0. The molecule has 0 N–H and O–H groups in total. The molecule has 21 heavy (non-hydrogen) atoms. The van der Waals surface area contributed by atoms with Crippen LogP contribution in [0.5, 0.6) is 11.5 Å². The zero-order valence-corrected chi connectivity index (χ0v) is 12.8. The molecule has 0 saturated carbocycles. The maximum atomic E-state index is 6.11. The molecule has 0 bridgehead atoms. The van der Waals surface area contributed by atoms with E-state index in [2.05, 4.69) is 59.5 Å². The van der Waals surface area contributed by atoms with Crippen LogP contribution in [0.15, 0.2) is 66.7 Å². The molecule has 0 radical (unpaired) electrons. The molecule has 2 aliphatic heterocycles. The van der Waals surface area contributed by atoms with Gasteiger partial charge in [-0.3, -0.25) is 0 Å². The Balaban J connectivity index is 1.88. The quantitative estimate of drug-likeness (QED) is 0.403. The minimum atomic E-state index is 0.327. The van der Waals surface area contributed by atoms with Gasteiger partial charge in [0.05, 0.1) is 0 Å². The van der Waals surface area contributed by atoms with Gasteiger partial charge in [0.1, 0.15) is 0 Å². The molecule has 3 aromatic carbocycles. The average molecular weight is 336 g/mol. The van der Waals surface area contributed by atoms with Crippen molar-refractivity contribution in [2.24, 2.45) is 0 Å². The molecular formula is C18H11NOSe. The van der Waals surface area contributed by atoms with E-state index >= 15 is 0 Å². The molecule has 2 heterocycles. The molecule has 0 fully saturated rings. The summed E-state index contributed by atoms with van der Waals surface area (Å²) >= 11 is 0.327. The van der Waals surface area contributed by atoms with Gasteiger partial charge in [0.2, 0.25) is 0 Å². The number of hydrogen-bond acceptors (Lipinski definition) is 2. The van der Waals surface area contributed by atoms with Crippen LogP contribution in [0, 0.1) is 0 Å². The summed E-state index contributed by atoms with van der Waals surface area (Å²) in [6, 6.07) is 23.3. The fourth-order valence-electron chi connectivity index (χ4n) is 2.95. The van der Waals surface area contributed by atoms with E-state index < -0.39 is 0 Å². The van der Waals surface area contributed by atoms with E-state index in [4.69, 9.17) is 4.74 Å². The molecule has 3 heteroatoms. The summed E-state index contributed by atoms with van der Waals surface area (Å²) in [6.45, 7) is 0. The fraction of sp³-hybridized carbons (Fsp3) is 0. The minimum absolute atomic E-state index is 0.327. The van der Waals surface area contributed by atoms with Gasteiger partial charge in [0.25, 0.3) is 0 Å². The summed E-state index contributed by atoms with van der Waals surface area (Å²) in [5.74, 6) is 1.88. The number of hydrogen-bond donors (Lipinski definition) is 0. The first-order valence-corrected chi connectivity index (χ1v) is 8.60. The van der Waals surface area contributed by atoms with Crippen molar-refractivity contribution in [3.63, 3.8) is 0 Å². The molecule has 3 aromatic rings. The molecule has 2 nitrogen and oxygen atoms in total. The van der Waals surface area contributed by atoms with Gasteiger partial charge in [-0.1, -0.05) is 0 Å². The molecule has 5 rings (SSSR count). The third kappa shape index (κ3) is 1.53. The number of rotatable bonds is 0. The van der Waals surface area contributed by atoms with Gasteiger partial charge in [0, 0.05) is 0 Å². The SMILES string of the molecule is c1ccc2c(c1)Oc1cccc3c1N2c1ccccc1[Se]3. The third-order valence-electron chi connectivity index (χ3n) is 3.84. The van der Waals surface area contributed by atoms with Gasteiger partial charge in [0.15, 0.2) is 0 Å². The van der Waals surface area contributed by atoms with Crippen LogP contribution in [0.2, 0.25) is 0 Å². The van der Waals surface area contributed by atoms with E-state index in [-0.39, 0.29) is 0 Å². The van der Waals surface area contributed by atoms with Crippen LogP contribution in [-0.4, -0.2) is 15.0 Å². The van der Waals surface area contributed by atoms with Gasteiger partial charge < -0.3 is 0 Å². The summed E-state index contributed by atoms with van der Waals surface area (Å²) in [6.07, 6.45) is 0. The molecule has 0 aliphatic carbocycles. The van der Waals surface area contributed by atoms with Gasteiger partial charge in [-0.15, -0.1) is 0 Å². The molecule has 0 amide bonds. The molecular weight excluding hydrogens is 325 g/mol. The number of para-hydroxylation sites is 4. The maximum absolute atomic E-state index is 6.11. The van der Waals surface area contributed by atoms with E-state index in [0.29, 0.717) is 15.0 Å². The number of nitrogens with zero attached hydrogens (tertiary/aromatic N) is 1. The fourth-order valence-corrected chi connectivity index (χ4v) is 5.22. The Morgan fingerprint density at radius 3 is 2.33 bits per heavy atom. The van der Waals surface area contributed by atoms with Crippen molar-refractivity contribution in [3.05, 3.63) is 66.7 Å². The Morgan fingerprint density at radius 1 is 0.667 bits per heavy atom. The number of fused-ring (bicyclic) bond motifs is 4. The van der Waals surface area contributed by atoms with Crippen molar-refractivity contribution in [2.75, 3.05) is 4.90 Å². The topological polar surface area (TPSA) is 12.5 Å². The van der Waals surface area contributed by atoms with Crippen LogP contribution >= 0.6 is 0 Å². The Bertz CT molecular complexity index is 807. The second-order valence-electron chi connectivity index (χ2n) is 5.08. The van der Waals surface area contributed by atoms with Gasteiger partial charge in [-0.05, 0) is 0 Å². The summed E-state index contributed by atoms with van der Waals surface area (Å²) in [5.41, 5.74) is 3.63. The number of anilines is 3. The number of ether oxygens (including phenoxy) is 1. The Labute approximate surface area is 129 Å². The molecule has 100 valence electrons. The van der Waals surface area contributed by atoms with Crippen LogP contribution in [0.1, 0.15) is 0 Å².